The lowest BCUT2D eigenvalue weighted by molar-refractivity contribution is -0.385. The molecule has 0 saturated carbocycles. The van der Waals surface area contributed by atoms with Crippen molar-refractivity contribution in [1.29, 1.82) is 5.26 Å². The molecule has 0 amide bonds. The number of nitriles is 1. The molecule has 0 unspecified atom stereocenters. The molecule has 0 aliphatic heterocycles. The van der Waals surface area contributed by atoms with E-state index in [4.69, 9.17) is 10.00 Å². The van der Waals surface area contributed by atoms with E-state index in [1.165, 1.54) is 12.1 Å². The molecule has 2 aromatic carbocycles. The van der Waals surface area contributed by atoms with E-state index in [1.807, 2.05) is 6.07 Å². The van der Waals surface area contributed by atoms with Crippen molar-refractivity contribution in [3.8, 4) is 17.6 Å². The topological polar surface area (TPSA) is 76.2 Å². The third-order valence-electron chi connectivity index (χ3n) is 2.66. The number of nitro benzene ring substituents is 1. The molecular weight excluding hydrogens is 324 g/mol. The molecule has 0 saturated heterocycles. The van der Waals surface area contributed by atoms with Crippen molar-refractivity contribution in [3.05, 3.63) is 62.1 Å². The smallest absolute Gasteiger partial charge is 0.272 e. The maximum absolute atomic E-state index is 10.8. The summed E-state index contributed by atoms with van der Waals surface area (Å²) in [5.74, 6) is 0.845. The van der Waals surface area contributed by atoms with Gasteiger partial charge in [0.15, 0.2) is 0 Å². The van der Waals surface area contributed by atoms with Crippen LogP contribution in [0.3, 0.4) is 0 Å². The number of hydrogen-bond donors (Lipinski definition) is 0. The zero-order chi connectivity index (χ0) is 14.7. The molecule has 0 aliphatic carbocycles. The van der Waals surface area contributed by atoms with Crippen molar-refractivity contribution in [1.82, 2.24) is 0 Å². The van der Waals surface area contributed by atoms with Gasteiger partial charge in [-0.3, -0.25) is 10.1 Å². The van der Waals surface area contributed by atoms with Crippen LogP contribution in [0.15, 0.2) is 40.9 Å². The summed E-state index contributed by atoms with van der Waals surface area (Å²) in [5.41, 5.74) is 0.928. The highest BCUT2D eigenvalue weighted by atomic mass is 79.9. The summed E-state index contributed by atoms with van der Waals surface area (Å²) in [6, 6.07) is 11.5. The fourth-order valence-electron chi connectivity index (χ4n) is 1.70. The van der Waals surface area contributed by atoms with E-state index in [0.29, 0.717) is 22.6 Å². The van der Waals surface area contributed by atoms with Gasteiger partial charge in [-0.05, 0) is 37.3 Å². The third kappa shape index (κ3) is 2.95. The Hall–Kier alpha value is -2.39. The third-order valence-corrected chi connectivity index (χ3v) is 3.15. The summed E-state index contributed by atoms with van der Waals surface area (Å²) < 4.78 is 6.40. The zero-order valence-electron chi connectivity index (χ0n) is 10.5. The molecule has 100 valence electrons. The molecular formula is C14H9BrN2O3. The average molecular weight is 333 g/mol. The van der Waals surface area contributed by atoms with E-state index in [0.717, 1.165) is 4.47 Å². The fraction of sp³-hybridized carbons (Fsp3) is 0.0714. The summed E-state index contributed by atoms with van der Waals surface area (Å²) in [5, 5.41) is 19.8. The number of halogens is 1. The van der Waals surface area contributed by atoms with Crippen molar-refractivity contribution in [2.75, 3.05) is 0 Å². The van der Waals surface area contributed by atoms with E-state index >= 15 is 0 Å². The SMILES string of the molecule is Cc1cc(Oc2cc(Br)ccc2C#N)ccc1[N+](=O)[O-]. The molecule has 0 atom stereocenters. The van der Waals surface area contributed by atoms with Crippen LogP contribution in [-0.4, -0.2) is 4.92 Å². The van der Waals surface area contributed by atoms with Crippen LogP contribution >= 0.6 is 15.9 Å². The standard InChI is InChI=1S/C14H9BrN2O3/c1-9-6-12(4-5-13(9)17(18)19)20-14-7-11(15)3-2-10(14)8-16/h2-7H,1H3. The number of nitrogens with zero attached hydrogens (tertiary/aromatic N) is 2. The molecule has 0 N–H and O–H groups in total. The number of ether oxygens (including phenoxy) is 1. The Bertz CT molecular complexity index is 723. The van der Waals surface area contributed by atoms with Gasteiger partial charge in [-0.2, -0.15) is 5.26 Å². The predicted octanol–water partition coefficient (Wildman–Crippen LogP) is 4.33. The number of hydrogen-bond acceptors (Lipinski definition) is 4. The zero-order valence-corrected chi connectivity index (χ0v) is 12.0. The van der Waals surface area contributed by atoms with E-state index in [-0.39, 0.29) is 5.69 Å². The fourth-order valence-corrected chi connectivity index (χ4v) is 2.04. The van der Waals surface area contributed by atoms with Crippen LogP contribution in [0.4, 0.5) is 5.69 Å². The van der Waals surface area contributed by atoms with Gasteiger partial charge in [-0.25, -0.2) is 0 Å². The van der Waals surface area contributed by atoms with Crippen LogP contribution in [0.25, 0.3) is 0 Å². The van der Waals surface area contributed by atoms with E-state index in [2.05, 4.69) is 15.9 Å². The largest absolute Gasteiger partial charge is 0.456 e. The summed E-state index contributed by atoms with van der Waals surface area (Å²) >= 11 is 3.31. The quantitative estimate of drug-likeness (QED) is 0.619. The number of nitro groups is 1. The lowest BCUT2D eigenvalue weighted by Crippen LogP contribution is -1.93. The Labute approximate surface area is 123 Å². The van der Waals surface area contributed by atoms with Gasteiger partial charge in [0.2, 0.25) is 0 Å². The highest BCUT2D eigenvalue weighted by Crippen LogP contribution is 2.30. The minimum Gasteiger partial charge on any atom is -0.456 e. The molecule has 5 nitrogen and oxygen atoms in total. The first-order valence-corrected chi connectivity index (χ1v) is 6.43. The van der Waals surface area contributed by atoms with E-state index in [9.17, 15) is 10.1 Å². The van der Waals surface area contributed by atoms with E-state index in [1.54, 1.807) is 31.2 Å². The Morgan fingerprint density at radius 2 is 2.05 bits per heavy atom. The highest BCUT2D eigenvalue weighted by Gasteiger charge is 2.12. The van der Waals surface area contributed by atoms with Crippen molar-refractivity contribution in [3.63, 3.8) is 0 Å². The molecule has 0 aliphatic rings. The average Bonchev–Trinajstić information content (AvgIpc) is 2.38. The van der Waals surface area contributed by atoms with Gasteiger partial charge in [0, 0.05) is 16.1 Å². The molecule has 2 aromatic rings. The Morgan fingerprint density at radius 3 is 2.65 bits per heavy atom. The van der Waals surface area contributed by atoms with Crippen molar-refractivity contribution in [2.45, 2.75) is 6.92 Å². The highest BCUT2D eigenvalue weighted by molar-refractivity contribution is 9.10. The summed E-state index contributed by atoms with van der Waals surface area (Å²) in [7, 11) is 0. The molecule has 2 rings (SSSR count). The summed E-state index contributed by atoms with van der Waals surface area (Å²) in [6.45, 7) is 1.64. The predicted molar refractivity (Wildman–Crippen MR) is 76.8 cm³/mol. The first-order chi connectivity index (χ1) is 9.51. The maximum atomic E-state index is 10.8. The molecule has 0 fully saturated rings. The maximum Gasteiger partial charge on any atom is 0.272 e. The van der Waals surface area contributed by atoms with Crippen LogP contribution in [0.1, 0.15) is 11.1 Å². The lowest BCUT2D eigenvalue weighted by atomic mass is 10.2. The van der Waals surface area contributed by atoms with Crippen LogP contribution in [0, 0.1) is 28.4 Å². The van der Waals surface area contributed by atoms with Crippen molar-refractivity contribution >= 4 is 21.6 Å². The second-order valence-electron chi connectivity index (χ2n) is 4.06. The number of aryl methyl sites for hydroxylation is 1. The molecule has 6 heteroatoms. The van der Waals surface area contributed by atoms with E-state index < -0.39 is 4.92 Å². The first kappa shape index (κ1) is 14.0. The molecule has 0 heterocycles. The van der Waals surface area contributed by atoms with Crippen LogP contribution in [-0.2, 0) is 0 Å². The van der Waals surface area contributed by atoms with Crippen LogP contribution in [0.2, 0.25) is 0 Å². The Balaban J connectivity index is 2.36. The second-order valence-corrected chi connectivity index (χ2v) is 4.98. The normalized spacial score (nSPS) is 9.85. The molecule has 0 bridgehead atoms. The van der Waals surface area contributed by atoms with Crippen LogP contribution < -0.4 is 4.74 Å². The van der Waals surface area contributed by atoms with Gasteiger partial charge in [0.05, 0.1) is 10.5 Å². The molecule has 0 aromatic heterocycles. The molecule has 20 heavy (non-hydrogen) atoms. The minimum absolute atomic E-state index is 0.0344. The van der Waals surface area contributed by atoms with Gasteiger partial charge in [-0.15, -0.1) is 0 Å². The van der Waals surface area contributed by atoms with Gasteiger partial charge < -0.3 is 4.74 Å². The van der Waals surface area contributed by atoms with Crippen molar-refractivity contribution in [2.24, 2.45) is 0 Å². The van der Waals surface area contributed by atoms with Crippen LogP contribution in [0.5, 0.6) is 11.5 Å². The monoisotopic (exact) mass is 332 g/mol. The van der Waals surface area contributed by atoms with Gasteiger partial charge in [-0.1, -0.05) is 15.9 Å². The minimum atomic E-state index is -0.446. The first-order valence-electron chi connectivity index (χ1n) is 5.64. The molecule has 0 spiro atoms. The molecule has 0 radical (unpaired) electrons. The number of rotatable bonds is 3. The second kappa shape index (κ2) is 5.72. The van der Waals surface area contributed by atoms with Gasteiger partial charge in [0.1, 0.15) is 17.6 Å². The summed E-state index contributed by atoms with van der Waals surface area (Å²) in [6.07, 6.45) is 0. The Kier molecular flexibility index (Phi) is 4.01. The summed E-state index contributed by atoms with van der Waals surface area (Å²) in [4.78, 5) is 10.3. The van der Waals surface area contributed by atoms with Gasteiger partial charge in [0.25, 0.3) is 5.69 Å². The van der Waals surface area contributed by atoms with Gasteiger partial charge >= 0.3 is 0 Å². The Morgan fingerprint density at radius 1 is 1.30 bits per heavy atom. The lowest BCUT2D eigenvalue weighted by Gasteiger charge is -2.08. The number of benzene rings is 2. The van der Waals surface area contributed by atoms with Crippen molar-refractivity contribution < 1.29 is 9.66 Å².